The summed E-state index contributed by atoms with van der Waals surface area (Å²) in [6.07, 6.45) is 2.58. The second kappa shape index (κ2) is 8.69. The molecule has 0 fully saturated rings. The summed E-state index contributed by atoms with van der Waals surface area (Å²) in [4.78, 5) is 9.17. The Bertz CT molecular complexity index is 969. The molecular formula is C23H16N2Pt. The van der Waals surface area contributed by atoms with Crippen LogP contribution in [-0.4, -0.2) is 9.97 Å². The number of aromatic nitrogens is 2. The van der Waals surface area contributed by atoms with Gasteiger partial charge in [-0.3, -0.25) is 4.98 Å². The van der Waals surface area contributed by atoms with Gasteiger partial charge in [0.2, 0.25) is 0 Å². The Morgan fingerprint density at radius 3 is 2.27 bits per heavy atom. The summed E-state index contributed by atoms with van der Waals surface area (Å²) < 4.78 is 0. The van der Waals surface area contributed by atoms with Gasteiger partial charge in [-0.15, -0.1) is 71.3 Å². The molecule has 2 nitrogen and oxygen atoms in total. The Labute approximate surface area is 168 Å². The average Bonchev–Trinajstić information content (AvgIpc) is 2.70. The molecule has 26 heavy (non-hydrogen) atoms. The Morgan fingerprint density at radius 1 is 0.731 bits per heavy atom. The summed E-state index contributed by atoms with van der Waals surface area (Å²) in [5.74, 6) is 0. The maximum atomic E-state index is 4.78. The molecule has 2 heterocycles. The van der Waals surface area contributed by atoms with Crippen LogP contribution in [0.5, 0.6) is 0 Å². The molecule has 2 aromatic heterocycles. The first-order valence-electron chi connectivity index (χ1n) is 8.24. The van der Waals surface area contributed by atoms with Crippen molar-refractivity contribution in [3.8, 4) is 22.5 Å². The van der Waals surface area contributed by atoms with Gasteiger partial charge in [-0.05, 0) is 29.9 Å². The largest absolute Gasteiger partial charge is 2.00 e. The topological polar surface area (TPSA) is 25.8 Å². The van der Waals surface area contributed by atoms with Gasteiger partial charge >= 0.3 is 21.1 Å². The Morgan fingerprint density at radius 2 is 1.50 bits per heavy atom. The van der Waals surface area contributed by atoms with E-state index >= 15 is 0 Å². The van der Waals surface area contributed by atoms with Crippen LogP contribution in [0.25, 0.3) is 22.5 Å². The van der Waals surface area contributed by atoms with Gasteiger partial charge in [0.1, 0.15) is 0 Å². The van der Waals surface area contributed by atoms with E-state index in [0.717, 1.165) is 40.2 Å². The van der Waals surface area contributed by atoms with E-state index in [1.54, 1.807) is 0 Å². The summed E-state index contributed by atoms with van der Waals surface area (Å²) in [7, 11) is 0. The van der Waals surface area contributed by atoms with Crippen LogP contribution in [0, 0.1) is 12.1 Å². The van der Waals surface area contributed by atoms with Gasteiger partial charge in [0, 0.05) is 11.9 Å². The van der Waals surface area contributed by atoms with Crippen molar-refractivity contribution in [1.29, 1.82) is 0 Å². The van der Waals surface area contributed by atoms with Crippen LogP contribution in [0.2, 0.25) is 0 Å². The molecule has 3 heteroatoms. The average molecular weight is 515 g/mol. The number of rotatable bonds is 4. The minimum absolute atomic E-state index is 0. The first-order chi connectivity index (χ1) is 12.4. The summed E-state index contributed by atoms with van der Waals surface area (Å²) in [5, 5.41) is 0. The quantitative estimate of drug-likeness (QED) is 0.358. The molecule has 128 valence electrons. The van der Waals surface area contributed by atoms with E-state index in [1.165, 1.54) is 0 Å². The first kappa shape index (κ1) is 18.2. The number of pyridine rings is 2. The number of hydrogen-bond acceptors (Lipinski definition) is 2. The molecule has 0 radical (unpaired) electrons. The zero-order chi connectivity index (χ0) is 16.9. The molecule has 4 aromatic rings. The standard InChI is InChI=1S/C23H16N2.Pt/c1-2-9-19(10-3-1)22-13-7-14-23(25-22)20-11-6-8-18(16-20)17-21-12-4-5-15-24-21;/h1-9,11-15H,17H2;/q-2;+2. The third-order valence-electron chi connectivity index (χ3n) is 3.96. The van der Waals surface area contributed by atoms with Gasteiger partial charge in [-0.25, -0.2) is 0 Å². The molecule has 4 rings (SSSR count). The van der Waals surface area contributed by atoms with E-state index in [2.05, 4.69) is 23.2 Å². The summed E-state index contributed by atoms with van der Waals surface area (Å²) in [6, 6.07) is 32.8. The molecule has 0 amide bonds. The van der Waals surface area contributed by atoms with Gasteiger partial charge in [0.25, 0.3) is 0 Å². The van der Waals surface area contributed by atoms with E-state index in [4.69, 9.17) is 4.98 Å². The van der Waals surface area contributed by atoms with Crippen LogP contribution in [0.4, 0.5) is 0 Å². The van der Waals surface area contributed by atoms with E-state index in [0.29, 0.717) is 0 Å². The van der Waals surface area contributed by atoms with Crippen molar-refractivity contribution < 1.29 is 21.1 Å². The zero-order valence-corrected chi connectivity index (χ0v) is 16.3. The van der Waals surface area contributed by atoms with Crippen molar-refractivity contribution in [3.63, 3.8) is 0 Å². The third kappa shape index (κ3) is 4.33. The van der Waals surface area contributed by atoms with Crippen LogP contribution < -0.4 is 0 Å². The molecule has 0 saturated heterocycles. The van der Waals surface area contributed by atoms with Crippen LogP contribution in [0.1, 0.15) is 11.3 Å². The molecule has 0 atom stereocenters. The maximum absolute atomic E-state index is 4.78. The normalized spacial score (nSPS) is 10.2. The third-order valence-corrected chi connectivity index (χ3v) is 3.96. The molecule has 0 spiro atoms. The van der Waals surface area contributed by atoms with Gasteiger partial charge < -0.3 is 4.98 Å². The smallest absolute Gasteiger partial charge is 0.345 e. The predicted molar refractivity (Wildman–Crippen MR) is 99.8 cm³/mol. The molecule has 0 N–H and O–H groups in total. The summed E-state index contributed by atoms with van der Waals surface area (Å²) in [6.45, 7) is 0. The minimum atomic E-state index is 0. The van der Waals surface area contributed by atoms with Gasteiger partial charge in [-0.2, -0.15) is 0 Å². The van der Waals surface area contributed by atoms with Crippen molar-refractivity contribution in [2.24, 2.45) is 0 Å². The van der Waals surface area contributed by atoms with Crippen molar-refractivity contribution >= 4 is 0 Å². The van der Waals surface area contributed by atoms with Crippen molar-refractivity contribution in [2.75, 3.05) is 0 Å². The van der Waals surface area contributed by atoms with Crippen LogP contribution >= 0.6 is 0 Å². The fourth-order valence-electron chi connectivity index (χ4n) is 2.75. The molecule has 0 aliphatic carbocycles. The fraction of sp³-hybridized carbons (Fsp3) is 0.0435. The van der Waals surface area contributed by atoms with Crippen LogP contribution in [0.15, 0.2) is 85.1 Å². The number of benzene rings is 2. The fourth-order valence-corrected chi connectivity index (χ4v) is 2.75. The van der Waals surface area contributed by atoms with Crippen molar-refractivity contribution in [1.82, 2.24) is 9.97 Å². The van der Waals surface area contributed by atoms with Gasteiger partial charge in [0.15, 0.2) is 0 Å². The van der Waals surface area contributed by atoms with Crippen LogP contribution in [-0.2, 0) is 27.5 Å². The zero-order valence-electron chi connectivity index (χ0n) is 14.0. The van der Waals surface area contributed by atoms with E-state index < -0.39 is 0 Å². The van der Waals surface area contributed by atoms with Crippen molar-refractivity contribution in [3.05, 3.63) is 108 Å². The molecule has 0 aliphatic heterocycles. The monoisotopic (exact) mass is 515 g/mol. The SMILES string of the molecule is [Pt+2].[c-]1ccccc1-c1cccc(-c2[c-]c(Cc3ccccn3)ccc2)n1. The number of hydrogen-bond donors (Lipinski definition) is 0. The molecule has 2 aromatic carbocycles. The maximum Gasteiger partial charge on any atom is 2.00 e. The van der Waals surface area contributed by atoms with Crippen molar-refractivity contribution in [2.45, 2.75) is 6.42 Å². The van der Waals surface area contributed by atoms with E-state index in [9.17, 15) is 0 Å². The molecule has 0 bridgehead atoms. The van der Waals surface area contributed by atoms with Gasteiger partial charge in [-0.1, -0.05) is 24.3 Å². The molecule has 0 saturated carbocycles. The summed E-state index contributed by atoms with van der Waals surface area (Å²) >= 11 is 0. The Hall–Kier alpha value is -2.57. The van der Waals surface area contributed by atoms with E-state index in [-0.39, 0.29) is 21.1 Å². The van der Waals surface area contributed by atoms with Gasteiger partial charge in [0.05, 0.1) is 0 Å². The first-order valence-corrected chi connectivity index (χ1v) is 8.24. The molecular weight excluding hydrogens is 499 g/mol. The Balaban J connectivity index is 0.00000196. The second-order valence-electron chi connectivity index (χ2n) is 5.77. The van der Waals surface area contributed by atoms with Crippen LogP contribution in [0.3, 0.4) is 0 Å². The minimum Gasteiger partial charge on any atom is -0.345 e. The second-order valence-corrected chi connectivity index (χ2v) is 5.77. The molecule has 0 aliphatic rings. The number of nitrogens with zero attached hydrogens (tertiary/aromatic N) is 2. The Kier molecular flexibility index (Phi) is 6.09. The molecule has 0 unspecified atom stereocenters. The van der Waals surface area contributed by atoms with E-state index in [1.807, 2.05) is 79.0 Å². The summed E-state index contributed by atoms with van der Waals surface area (Å²) in [5.41, 5.74) is 5.96. The predicted octanol–water partition coefficient (Wildman–Crippen LogP) is 5.00.